The Labute approximate surface area is 190 Å². The van der Waals surface area contributed by atoms with E-state index in [-0.39, 0.29) is 28.3 Å². The highest BCUT2D eigenvalue weighted by Crippen LogP contribution is 2.46. The Morgan fingerprint density at radius 2 is 1.58 bits per heavy atom. The summed E-state index contributed by atoms with van der Waals surface area (Å²) in [5.41, 5.74) is 0.216. The van der Waals surface area contributed by atoms with Crippen LogP contribution in [0.15, 0.2) is 41.3 Å². The van der Waals surface area contributed by atoms with Crippen LogP contribution in [0.1, 0.15) is 50.2 Å². The van der Waals surface area contributed by atoms with Gasteiger partial charge < -0.3 is 10.1 Å². The van der Waals surface area contributed by atoms with E-state index in [0.717, 1.165) is 43.0 Å². The summed E-state index contributed by atoms with van der Waals surface area (Å²) in [7, 11) is -3.43. The highest BCUT2D eigenvalue weighted by atomic mass is 32.2. The molecule has 10 heteroatoms. The van der Waals surface area contributed by atoms with E-state index in [1.807, 2.05) is 13.8 Å². The van der Waals surface area contributed by atoms with Gasteiger partial charge in [0.25, 0.3) is 0 Å². The third-order valence-electron chi connectivity index (χ3n) is 5.35. The van der Waals surface area contributed by atoms with Crippen LogP contribution in [0.3, 0.4) is 0 Å². The molecule has 0 radical (unpaired) electrons. The highest BCUT2D eigenvalue weighted by molar-refractivity contribution is 7.90. The van der Waals surface area contributed by atoms with Crippen LogP contribution in [0.25, 0.3) is 0 Å². The van der Waals surface area contributed by atoms with E-state index in [9.17, 15) is 30.4 Å². The lowest BCUT2D eigenvalue weighted by Gasteiger charge is -2.37. The van der Waals surface area contributed by atoms with Gasteiger partial charge in [0, 0.05) is 23.4 Å². The summed E-state index contributed by atoms with van der Waals surface area (Å²) in [6.07, 6.45) is -1.46. The molecule has 2 unspecified atom stereocenters. The number of halogens is 5. The number of rotatable bonds is 1. The summed E-state index contributed by atoms with van der Waals surface area (Å²) in [6, 6.07) is 5.66. The molecule has 0 bridgehead atoms. The maximum atomic E-state index is 13.8. The molecule has 2 aromatic carbocycles. The third-order valence-corrected chi connectivity index (χ3v) is 6.48. The van der Waals surface area contributed by atoms with Crippen molar-refractivity contribution in [1.29, 1.82) is 5.41 Å². The van der Waals surface area contributed by atoms with Gasteiger partial charge in [0.15, 0.2) is 21.4 Å². The van der Waals surface area contributed by atoms with Crippen molar-refractivity contribution in [1.82, 2.24) is 0 Å². The van der Waals surface area contributed by atoms with E-state index in [4.69, 9.17) is 10.1 Å². The van der Waals surface area contributed by atoms with Crippen molar-refractivity contribution in [2.75, 3.05) is 12.9 Å². The average molecular weight is 492 g/mol. The minimum Gasteiger partial charge on any atom is -0.490 e. The molecule has 0 amide bonds. The van der Waals surface area contributed by atoms with Crippen molar-refractivity contribution >= 4 is 15.5 Å². The van der Waals surface area contributed by atoms with Crippen LogP contribution in [0.5, 0.6) is 5.75 Å². The zero-order chi connectivity index (χ0) is 25.0. The first-order valence-corrected chi connectivity index (χ1v) is 12.3. The van der Waals surface area contributed by atoms with Gasteiger partial charge in [-0.05, 0) is 61.6 Å². The molecule has 2 aromatic rings. The molecule has 1 aliphatic heterocycles. The summed E-state index contributed by atoms with van der Waals surface area (Å²) < 4.78 is 90.7. The second-order valence-corrected chi connectivity index (χ2v) is 9.61. The van der Waals surface area contributed by atoms with E-state index < -0.39 is 27.4 Å². The third kappa shape index (κ3) is 6.52. The maximum absolute atomic E-state index is 13.8. The van der Waals surface area contributed by atoms with Crippen LogP contribution in [-0.4, -0.2) is 27.0 Å². The molecule has 182 valence electrons. The standard InChI is InChI=1S/C13H13F2NO.C8H7F3O2S.C2H6/c14-10-3-4-11(15)13-12(10)9-2-1-8(16)5-7(9)6-17-13;1-14(12,13)7-4-2-6(3-5-7)8(9,10)11;1-2/h3-4,7,9,16H,1-2,5-6H2;2-5H,1H3;1-2H3. The first-order valence-electron chi connectivity index (χ1n) is 10.4. The largest absolute Gasteiger partial charge is 0.490 e. The van der Waals surface area contributed by atoms with Gasteiger partial charge in [-0.2, -0.15) is 13.2 Å². The molecule has 1 saturated carbocycles. The normalized spacial score (nSPS) is 19.6. The van der Waals surface area contributed by atoms with Gasteiger partial charge in [0.2, 0.25) is 0 Å². The van der Waals surface area contributed by atoms with E-state index in [1.54, 1.807) is 0 Å². The van der Waals surface area contributed by atoms with Crippen LogP contribution in [-0.2, 0) is 16.0 Å². The first-order chi connectivity index (χ1) is 15.4. The zero-order valence-corrected chi connectivity index (χ0v) is 19.3. The van der Waals surface area contributed by atoms with E-state index in [1.165, 1.54) is 6.07 Å². The molecule has 2 aliphatic rings. The summed E-state index contributed by atoms with van der Waals surface area (Å²) in [5, 5.41) is 7.67. The summed E-state index contributed by atoms with van der Waals surface area (Å²) in [5.74, 6) is -0.659. The van der Waals surface area contributed by atoms with Gasteiger partial charge in [-0.3, -0.25) is 0 Å². The van der Waals surface area contributed by atoms with Crippen molar-refractivity contribution in [3.63, 3.8) is 0 Å². The molecule has 0 aromatic heterocycles. The fourth-order valence-electron chi connectivity index (χ4n) is 3.80. The number of benzene rings is 2. The Morgan fingerprint density at radius 1 is 1.00 bits per heavy atom. The lowest BCUT2D eigenvalue weighted by atomic mass is 9.73. The first kappa shape index (κ1) is 26.8. The van der Waals surface area contributed by atoms with Gasteiger partial charge in [0.1, 0.15) is 5.82 Å². The lowest BCUT2D eigenvalue weighted by Crippen LogP contribution is -2.33. The smallest absolute Gasteiger partial charge is 0.416 e. The predicted molar refractivity (Wildman–Crippen MR) is 116 cm³/mol. The van der Waals surface area contributed by atoms with Crippen molar-refractivity contribution in [3.8, 4) is 5.75 Å². The molecule has 4 rings (SSSR count). The van der Waals surface area contributed by atoms with E-state index >= 15 is 0 Å². The second kappa shape index (κ2) is 10.6. The molecular weight excluding hydrogens is 465 g/mol. The number of hydrogen-bond acceptors (Lipinski definition) is 4. The number of ether oxygens (including phenoxy) is 1. The quantitative estimate of drug-likeness (QED) is 0.470. The van der Waals surface area contributed by atoms with Crippen LogP contribution in [0.4, 0.5) is 22.0 Å². The van der Waals surface area contributed by atoms with Crippen molar-refractivity contribution in [2.24, 2.45) is 5.92 Å². The van der Waals surface area contributed by atoms with Crippen molar-refractivity contribution in [2.45, 2.75) is 50.1 Å². The van der Waals surface area contributed by atoms with Crippen LogP contribution in [0, 0.1) is 23.0 Å². The van der Waals surface area contributed by atoms with Crippen molar-refractivity contribution < 1.29 is 35.1 Å². The monoisotopic (exact) mass is 491 g/mol. The summed E-state index contributed by atoms with van der Waals surface area (Å²) >= 11 is 0. The molecule has 1 fully saturated rings. The van der Waals surface area contributed by atoms with Gasteiger partial charge in [-0.1, -0.05) is 13.8 Å². The van der Waals surface area contributed by atoms with Gasteiger partial charge in [0.05, 0.1) is 17.1 Å². The topological polar surface area (TPSA) is 67.2 Å². The average Bonchev–Trinajstić information content (AvgIpc) is 2.76. The lowest BCUT2D eigenvalue weighted by molar-refractivity contribution is -0.137. The minimum atomic E-state index is -4.43. The van der Waals surface area contributed by atoms with Gasteiger partial charge in [-0.15, -0.1) is 0 Å². The number of nitrogens with one attached hydrogen (secondary N) is 1. The van der Waals surface area contributed by atoms with Crippen LogP contribution >= 0.6 is 0 Å². The number of sulfone groups is 1. The Morgan fingerprint density at radius 3 is 2.12 bits per heavy atom. The predicted octanol–water partition coefficient (Wildman–Crippen LogP) is 6.40. The van der Waals surface area contributed by atoms with E-state index in [2.05, 4.69) is 0 Å². The maximum Gasteiger partial charge on any atom is 0.416 e. The molecule has 2 atom stereocenters. The number of fused-ring (bicyclic) bond motifs is 3. The highest BCUT2D eigenvalue weighted by Gasteiger charge is 2.37. The molecule has 0 saturated heterocycles. The molecule has 33 heavy (non-hydrogen) atoms. The summed E-state index contributed by atoms with van der Waals surface area (Å²) in [4.78, 5) is -0.120. The van der Waals surface area contributed by atoms with Gasteiger partial charge in [-0.25, -0.2) is 17.2 Å². The summed E-state index contributed by atoms with van der Waals surface area (Å²) in [6.45, 7) is 4.39. The molecule has 1 aliphatic carbocycles. The molecule has 1 N–H and O–H groups in total. The molecule has 1 heterocycles. The van der Waals surface area contributed by atoms with Crippen molar-refractivity contribution in [3.05, 3.63) is 59.2 Å². The number of alkyl halides is 3. The Bertz CT molecular complexity index is 1080. The van der Waals surface area contributed by atoms with Crippen LogP contribution in [0.2, 0.25) is 0 Å². The van der Waals surface area contributed by atoms with Crippen LogP contribution < -0.4 is 4.74 Å². The SMILES string of the molecule is CC.CS(=O)(=O)c1ccc(C(F)(F)F)cc1.N=C1CCC2c3c(F)ccc(F)c3OCC2C1. The zero-order valence-electron chi connectivity index (χ0n) is 18.5. The fraction of sp³-hybridized carbons (Fsp3) is 0.435. The second-order valence-electron chi connectivity index (χ2n) is 7.59. The molecular formula is C23H26F5NO3S. The number of hydrogen-bond donors (Lipinski definition) is 1. The Kier molecular flexibility index (Phi) is 8.62. The van der Waals surface area contributed by atoms with E-state index in [0.29, 0.717) is 30.7 Å². The van der Waals surface area contributed by atoms with Gasteiger partial charge >= 0.3 is 6.18 Å². The minimum absolute atomic E-state index is 0.00329. The molecule has 4 nitrogen and oxygen atoms in total. The Balaban J connectivity index is 0.000000222. The fourth-order valence-corrected chi connectivity index (χ4v) is 4.43. The Hall–Kier alpha value is -2.49. The molecule has 0 spiro atoms.